The van der Waals surface area contributed by atoms with E-state index >= 15 is 0 Å². The molecular formula is C14H21N3O3S2. The van der Waals surface area contributed by atoms with E-state index in [1.165, 1.54) is 11.3 Å². The van der Waals surface area contributed by atoms with Gasteiger partial charge in [0.15, 0.2) is 0 Å². The molecule has 22 heavy (non-hydrogen) atoms. The Balaban J connectivity index is 2.08. The molecule has 1 aromatic heterocycles. The average molecular weight is 343 g/mol. The Bertz CT molecular complexity index is 554. The maximum Gasteiger partial charge on any atom is 0.274 e. The van der Waals surface area contributed by atoms with E-state index in [1.54, 1.807) is 29.2 Å². The van der Waals surface area contributed by atoms with Gasteiger partial charge in [-0.3, -0.25) is 9.59 Å². The number of thioether (sulfide) groups is 1. The zero-order valence-electron chi connectivity index (χ0n) is 13.2. The quantitative estimate of drug-likeness (QED) is 0.901. The minimum absolute atomic E-state index is 0.113. The van der Waals surface area contributed by atoms with Gasteiger partial charge in [-0.2, -0.15) is 0 Å². The molecule has 8 heteroatoms. The first kappa shape index (κ1) is 17.2. The van der Waals surface area contributed by atoms with Gasteiger partial charge < -0.3 is 15.0 Å². The Morgan fingerprint density at radius 2 is 2.23 bits per heavy atom. The fourth-order valence-electron chi connectivity index (χ4n) is 2.06. The van der Waals surface area contributed by atoms with Crippen LogP contribution in [0.4, 0.5) is 0 Å². The first-order valence-corrected chi connectivity index (χ1v) is 8.99. The summed E-state index contributed by atoms with van der Waals surface area (Å²) in [6.07, 6.45) is 0. The molecule has 0 radical (unpaired) electrons. The van der Waals surface area contributed by atoms with Crippen LogP contribution in [0.15, 0.2) is 5.38 Å². The minimum Gasteiger partial charge on any atom is -0.378 e. The van der Waals surface area contributed by atoms with Crippen LogP contribution in [0.5, 0.6) is 0 Å². The summed E-state index contributed by atoms with van der Waals surface area (Å²) >= 11 is 2.97. The molecule has 2 rings (SSSR count). The molecule has 1 aliphatic heterocycles. The predicted octanol–water partition coefficient (Wildman–Crippen LogP) is 1.72. The van der Waals surface area contributed by atoms with Gasteiger partial charge in [-0.05, 0) is 20.8 Å². The van der Waals surface area contributed by atoms with Crippen molar-refractivity contribution in [2.75, 3.05) is 18.7 Å². The van der Waals surface area contributed by atoms with Gasteiger partial charge >= 0.3 is 0 Å². The van der Waals surface area contributed by atoms with Crippen molar-refractivity contribution in [3.63, 3.8) is 0 Å². The molecule has 0 spiro atoms. The number of thiazole rings is 1. The van der Waals surface area contributed by atoms with Crippen molar-refractivity contribution in [2.24, 2.45) is 0 Å². The van der Waals surface area contributed by atoms with E-state index < -0.39 is 6.04 Å². The lowest BCUT2D eigenvalue weighted by molar-refractivity contribution is -0.125. The van der Waals surface area contributed by atoms with Crippen LogP contribution < -0.4 is 5.32 Å². The molecule has 1 aliphatic rings. The molecule has 1 fully saturated rings. The van der Waals surface area contributed by atoms with Crippen LogP contribution in [0.2, 0.25) is 0 Å². The Hall–Kier alpha value is -1.12. The molecule has 0 saturated carbocycles. The van der Waals surface area contributed by atoms with Crippen molar-refractivity contribution >= 4 is 34.9 Å². The van der Waals surface area contributed by atoms with Crippen molar-refractivity contribution in [1.29, 1.82) is 0 Å². The number of rotatable bonds is 4. The first-order valence-electron chi connectivity index (χ1n) is 6.96. The number of nitrogens with zero attached hydrogens (tertiary/aromatic N) is 2. The van der Waals surface area contributed by atoms with Gasteiger partial charge in [-0.15, -0.1) is 23.1 Å². The van der Waals surface area contributed by atoms with Crippen molar-refractivity contribution in [2.45, 2.75) is 39.0 Å². The number of carbonyl (C=O) groups is 2. The van der Waals surface area contributed by atoms with Crippen molar-refractivity contribution < 1.29 is 14.3 Å². The highest BCUT2D eigenvalue weighted by Crippen LogP contribution is 2.24. The van der Waals surface area contributed by atoms with E-state index in [0.29, 0.717) is 23.9 Å². The fourth-order valence-corrected chi connectivity index (χ4v) is 3.95. The Morgan fingerprint density at radius 1 is 1.50 bits per heavy atom. The molecule has 122 valence electrons. The number of carbonyl (C=O) groups excluding carboxylic acids is 2. The first-order chi connectivity index (χ1) is 10.3. The summed E-state index contributed by atoms with van der Waals surface area (Å²) in [5.74, 6) is 0.817. The maximum atomic E-state index is 12.6. The van der Waals surface area contributed by atoms with E-state index in [-0.39, 0.29) is 17.4 Å². The van der Waals surface area contributed by atoms with Crippen molar-refractivity contribution in [3.8, 4) is 0 Å². The molecule has 0 aliphatic carbocycles. The molecular weight excluding hydrogens is 322 g/mol. The summed E-state index contributed by atoms with van der Waals surface area (Å²) in [4.78, 5) is 30.8. The van der Waals surface area contributed by atoms with Crippen LogP contribution in [-0.2, 0) is 16.1 Å². The van der Waals surface area contributed by atoms with Gasteiger partial charge in [0, 0.05) is 23.8 Å². The van der Waals surface area contributed by atoms with Crippen LogP contribution >= 0.6 is 23.1 Å². The zero-order chi connectivity index (χ0) is 16.3. The van der Waals surface area contributed by atoms with E-state index in [9.17, 15) is 9.59 Å². The van der Waals surface area contributed by atoms with Crippen LogP contribution in [0.1, 0.15) is 36.3 Å². The Morgan fingerprint density at radius 3 is 2.86 bits per heavy atom. The van der Waals surface area contributed by atoms with Crippen molar-refractivity contribution in [1.82, 2.24) is 15.2 Å². The lowest BCUT2D eigenvalue weighted by Crippen LogP contribution is -2.52. The molecule has 2 amide bonds. The van der Waals surface area contributed by atoms with Crippen LogP contribution in [0.3, 0.4) is 0 Å². The highest BCUT2D eigenvalue weighted by Gasteiger charge is 2.37. The summed E-state index contributed by atoms with van der Waals surface area (Å²) in [6, 6.07) is -0.440. The van der Waals surface area contributed by atoms with Gasteiger partial charge in [0.25, 0.3) is 5.91 Å². The van der Waals surface area contributed by atoms with Crippen LogP contribution in [0.25, 0.3) is 0 Å². The van der Waals surface area contributed by atoms with Gasteiger partial charge in [-0.25, -0.2) is 4.98 Å². The molecule has 1 aromatic rings. The van der Waals surface area contributed by atoms with E-state index in [2.05, 4.69) is 10.3 Å². The monoisotopic (exact) mass is 343 g/mol. The predicted molar refractivity (Wildman–Crippen MR) is 88.0 cm³/mol. The fraction of sp³-hybridized carbons (Fsp3) is 0.643. The highest BCUT2D eigenvalue weighted by atomic mass is 32.2. The second-order valence-electron chi connectivity index (χ2n) is 6.09. The standard InChI is InChI=1S/C14H21N3O3S2/c1-14(2,3)16-12(18)10-7-21-8-17(10)13(19)9-6-22-11(15-9)5-20-4/h6,10H,5,7-8H2,1-4H3,(H,16,18). The molecule has 6 nitrogen and oxygen atoms in total. The molecule has 1 atom stereocenters. The summed E-state index contributed by atoms with van der Waals surface area (Å²) in [5.41, 5.74) is 0.0683. The average Bonchev–Trinajstić information content (AvgIpc) is 3.05. The number of hydrogen-bond acceptors (Lipinski definition) is 6. The number of ether oxygens (including phenoxy) is 1. The third-order valence-electron chi connectivity index (χ3n) is 2.98. The molecule has 0 bridgehead atoms. The number of aromatic nitrogens is 1. The minimum atomic E-state index is -0.440. The smallest absolute Gasteiger partial charge is 0.274 e. The normalized spacial score (nSPS) is 18.5. The zero-order valence-corrected chi connectivity index (χ0v) is 14.8. The Labute approximate surface area is 138 Å². The third kappa shape index (κ3) is 4.21. The van der Waals surface area contributed by atoms with Gasteiger partial charge in [-0.1, -0.05) is 0 Å². The maximum absolute atomic E-state index is 12.6. The molecule has 2 heterocycles. The van der Waals surface area contributed by atoms with Gasteiger partial charge in [0.2, 0.25) is 5.91 Å². The largest absolute Gasteiger partial charge is 0.378 e. The lowest BCUT2D eigenvalue weighted by atomic mass is 10.1. The summed E-state index contributed by atoms with van der Waals surface area (Å²) in [6.45, 7) is 6.17. The van der Waals surface area contributed by atoms with Crippen LogP contribution in [0, 0.1) is 0 Å². The lowest BCUT2D eigenvalue weighted by Gasteiger charge is -2.27. The summed E-state index contributed by atoms with van der Waals surface area (Å²) < 4.78 is 5.02. The third-order valence-corrected chi connectivity index (χ3v) is 4.82. The van der Waals surface area contributed by atoms with E-state index in [1.807, 2.05) is 20.8 Å². The SMILES string of the molecule is COCc1nc(C(=O)N2CSCC2C(=O)NC(C)(C)C)cs1. The van der Waals surface area contributed by atoms with Gasteiger partial charge in [0.1, 0.15) is 16.7 Å². The van der Waals surface area contributed by atoms with E-state index in [0.717, 1.165) is 5.01 Å². The summed E-state index contributed by atoms with van der Waals surface area (Å²) in [7, 11) is 1.59. The second kappa shape index (κ2) is 6.97. The molecule has 1 N–H and O–H groups in total. The van der Waals surface area contributed by atoms with Crippen molar-refractivity contribution in [3.05, 3.63) is 16.1 Å². The molecule has 1 saturated heterocycles. The Kier molecular flexibility index (Phi) is 5.46. The summed E-state index contributed by atoms with van der Waals surface area (Å²) in [5, 5.41) is 5.42. The molecule has 1 unspecified atom stereocenters. The van der Waals surface area contributed by atoms with Crippen LogP contribution in [-0.4, -0.2) is 52.0 Å². The second-order valence-corrected chi connectivity index (χ2v) is 8.03. The number of amides is 2. The van der Waals surface area contributed by atoms with Gasteiger partial charge in [0.05, 0.1) is 12.5 Å². The number of hydrogen-bond donors (Lipinski definition) is 1. The number of methoxy groups -OCH3 is 1. The van der Waals surface area contributed by atoms with E-state index in [4.69, 9.17) is 4.74 Å². The highest BCUT2D eigenvalue weighted by molar-refractivity contribution is 7.99. The molecule has 0 aromatic carbocycles. The number of nitrogens with one attached hydrogen (secondary N) is 1. The topological polar surface area (TPSA) is 71.5 Å².